The molecule has 5 nitrogen and oxygen atoms in total. The largest absolute Gasteiger partial charge is 0.480 e. The molecule has 0 aromatic heterocycles. The van der Waals surface area contributed by atoms with E-state index in [1.165, 1.54) is 6.92 Å². The fraction of sp³-hybridized carbons (Fsp3) is 0.875. The molecule has 0 aromatic carbocycles. The first kappa shape index (κ1) is 13.3. The molecule has 1 unspecified atom stereocenters. The predicted molar refractivity (Wildman–Crippen MR) is 51.5 cm³/mol. The van der Waals surface area contributed by atoms with Gasteiger partial charge in [-0.1, -0.05) is 6.92 Å². The monoisotopic (exact) mass is 257 g/mol. The Balaban J connectivity index is 3.19. The second kappa shape index (κ2) is 4.25. The lowest BCUT2D eigenvalue weighted by atomic mass is 9.95. The van der Waals surface area contributed by atoms with Crippen molar-refractivity contribution in [2.75, 3.05) is 6.54 Å². The van der Waals surface area contributed by atoms with Crippen molar-refractivity contribution in [1.82, 2.24) is 4.31 Å². The van der Waals surface area contributed by atoms with Crippen LogP contribution in [0.15, 0.2) is 0 Å². The fourth-order valence-electron chi connectivity index (χ4n) is 2.04. The second-order valence-electron chi connectivity index (χ2n) is 3.67. The molecule has 0 bridgehead atoms. The van der Waals surface area contributed by atoms with Crippen molar-refractivity contribution in [2.24, 2.45) is 0 Å². The number of hydrogen-bond acceptors (Lipinski definition) is 3. The van der Waals surface area contributed by atoms with Gasteiger partial charge in [0.25, 0.3) is 10.0 Å². The zero-order valence-electron chi connectivity index (χ0n) is 8.69. The molecular formula is C8H13F2NO4S. The Kier molecular flexibility index (Phi) is 3.53. The fourth-order valence-corrected chi connectivity index (χ4v) is 3.40. The zero-order valence-corrected chi connectivity index (χ0v) is 9.51. The van der Waals surface area contributed by atoms with Crippen LogP contribution in [0, 0.1) is 0 Å². The lowest BCUT2D eigenvalue weighted by Gasteiger charge is -2.32. The number of carbonyl (C=O) groups is 1. The highest BCUT2D eigenvalue weighted by Crippen LogP contribution is 2.36. The maximum absolute atomic E-state index is 12.4. The van der Waals surface area contributed by atoms with Crippen molar-refractivity contribution >= 4 is 16.0 Å². The molecule has 0 radical (unpaired) electrons. The van der Waals surface area contributed by atoms with E-state index in [1.54, 1.807) is 0 Å². The van der Waals surface area contributed by atoms with E-state index < -0.39 is 27.3 Å². The molecule has 0 saturated carbocycles. The lowest BCUT2D eigenvalue weighted by Crippen LogP contribution is -2.53. The van der Waals surface area contributed by atoms with E-state index in [9.17, 15) is 22.0 Å². The minimum atomic E-state index is -4.82. The van der Waals surface area contributed by atoms with E-state index in [2.05, 4.69) is 0 Å². The van der Waals surface area contributed by atoms with Gasteiger partial charge in [0.1, 0.15) is 5.54 Å². The van der Waals surface area contributed by atoms with Crippen LogP contribution in [0.1, 0.15) is 26.2 Å². The highest BCUT2D eigenvalue weighted by atomic mass is 32.2. The van der Waals surface area contributed by atoms with E-state index >= 15 is 0 Å². The smallest absolute Gasteiger partial charge is 0.350 e. The summed E-state index contributed by atoms with van der Waals surface area (Å²) in [6.45, 7) is 1.32. The van der Waals surface area contributed by atoms with Gasteiger partial charge >= 0.3 is 11.7 Å². The Morgan fingerprint density at radius 1 is 1.56 bits per heavy atom. The zero-order chi connectivity index (χ0) is 12.6. The Morgan fingerprint density at radius 2 is 2.12 bits per heavy atom. The number of carboxylic acid groups (broad SMARTS) is 1. The first-order valence-corrected chi connectivity index (χ1v) is 6.32. The summed E-state index contributed by atoms with van der Waals surface area (Å²) < 4.78 is 47.9. The van der Waals surface area contributed by atoms with E-state index in [0.29, 0.717) is 4.31 Å². The number of aliphatic carboxylic acids is 1. The maximum atomic E-state index is 12.4. The SMILES string of the molecule is CCC1(C(=O)O)CCCN1S(=O)(=O)C(F)F. The van der Waals surface area contributed by atoms with E-state index in [1.807, 2.05) is 0 Å². The molecule has 1 atom stereocenters. The highest BCUT2D eigenvalue weighted by molar-refractivity contribution is 7.89. The number of carboxylic acids is 1. The predicted octanol–water partition coefficient (Wildman–Crippen LogP) is 0.868. The first-order chi connectivity index (χ1) is 7.29. The van der Waals surface area contributed by atoms with E-state index in [-0.39, 0.29) is 25.8 Å². The number of nitrogens with zero attached hydrogens (tertiary/aromatic N) is 1. The molecule has 0 spiro atoms. The Labute approximate surface area is 92.1 Å². The topological polar surface area (TPSA) is 74.7 Å². The van der Waals surface area contributed by atoms with Gasteiger partial charge in [-0.15, -0.1) is 0 Å². The van der Waals surface area contributed by atoms with Crippen LogP contribution in [-0.2, 0) is 14.8 Å². The molecule has 1 fully saturated rings. The summed E-state index contributed by atoms with van der Waals surface area (Å²) in [4.78, 5) is 11.1. The number of rotatable bonds is 4. The number of halogens is 2. The van der Waals surface area contributed by atoms with Crippen LogP contribution in [0.4, 0.5) is 8.78 Å². The van der Waals surface area contributed by atoms with E-state index in [0.717, 1.165) is 0 Å². The third-order valence-corrected chi connectivity index (χ3v) is 4.54. The Hall–Kier alpha value is -0.760. The Morgan fingerprint density at radius 3 is 2.50 bits per heavy atom. The summed E-state index contributed by atoms with van der Waals surface area (Å²) >= 11 is 0. The third-order valence-electron chi connectivity index (χ3n) is 2.94. The van der Waals surface area contributed by atoms with Crippen LogP contribution in [0.5, 0.6) is 0 Å². The van der Waals surface area contributed by atoms with Crippen molar-refractivity contribution < 1.29 is 27.1 Å². The molecule has 0 aromatic rings. The minimum Gasteiger partial charge on any atom is -0.480 e. The van der Waals surface area contributed by atoms with Crippen LogP contribution in [0.25, 0.3) is 0 Å². The van der Waals surface area contributed by atoms with Crippen LogP contribution >= 0.6 is 0 Å². The molecule has 8 heteroatoms. The molecule has 1 saturated heterocycles. The van der Waals surface area contributed by atoms with Gasteiger partial charge in [-0.25, -0.2) is 8.42 Å². The second-order valence-corrected chi connectivity index (χ2v) is 5.50. The standard InChI is InChI=1S/C8H13F2NO4S/c1-2-8(6(12)13)4-3-5-11(8)16(14,15)7(9)10/h7H,2-5H2,1H3,(H,12,13). The molecule has 1 heterocycles. The van der Waals surface area contributed by atoms with E-state index in [4.69, 9.17) is 5.11 Å². The van der Waals surface area contributed by atoms with Crippen molar-refractivity contribution in [3.8, 4) is 0 Å². The first-order valence-electron chi connectivity index (χ1n) is 4.82. The Bertz CT molecular complexity index is 383. The number of sulfonamides is 1. The van der Waals surface area contributed by atoms with Gasteiger partial charge in [0.2, 0.25) is 0 Å². The molecule has 1 N–H and O–H groups in total. The molecule has 0 aliphatic carbocycles. The number of alkyl halides is 2. The van der Waals surface area contributed by atoms with Crippen LogP contribution in [0.2, 0.25) is 0 Å². The normalized spacial score (nSPS) is 27.5. The molecule has 0 amide bonds. The minimum absolute atomic E-state index is 0.0196. The molecule has 94 valence electrons. The summed E-state index contributed by atoms with van der Waals surface area (Å²) in [5.41, 5.74) is -1.70. The van der Waals surface area contributed by atoms with Crippen LogP contribution in [0.3, 0.4) is 0 Å². The van der Waals surface area contributed by atoms with Crippen molar-refractivity contribution in [1.29, 1.82) is 0 Å². The summed E-state index contributed by atoms with van der Waals surface area (Å²) in [6.07, 6.45) is 0.338. The van der Waals surface area contributed by atoms with Gasteiger partial charge < -0.3 is 5.11 Å². The van der Waals surface area contributed by atoms with Gasteiger partial charge in [0.15, 0.2) is 0 Å². The quantitative estimate of drug-likeness (QED) is 0.810. The van der Waals surface area contributed by atoms with Crippen LogP contribution in [-0.4, -0.2) is 41.6 Å². The summed E-state index contributed by atoms with van der Waals surface area (Å²) in [6, 6.07) is 0. The highest BCUT2D eigenvalue weighted by Gasteiger charge is 2.53. The molecule has 16 heavy (non-hydrogen) atoms. The number of hydrogen-bond donors (Lipinski definition) is 1. The lowest BCUT2D eigenvalue weighted by molar-refractivity contribution is -0.147. The summed E-state index contributed by atoms with van der Waals surface area (Å²) in [7, 11) is -4.82. The van der Waals surface area contributed by atoms with Gasteiger partial charge in [-0.05, 0) is 19.3 Å². The van der Waals surface area contributed by atoms with Crippen molar-refractivity contribution in [3.05, 3.63) is 0 Å². The molecular weight excluding hydrogens is 244 g/mol. The molecule has 1 rings (SSSR count). The molecule has 1 aliphatic heterocycles. The van der Waals surface area contributed by atoms with Gasteiger partial charge in [0.05, 0.1) is 0 Å². The third kappa shape index (κ3) is 1.80. The van der Waals surface area contributed by atoms with Crippen molar-refractivity contribution in [3.63, 3.8) is 0 Å². The summed E-state index contributed by atoms with van der Waals surface area (Å²) in [5, 5.41) is 9.03. The van der Waals surface area contributed by atoms with Gasteiger partial charge in [-0.3, -0.25) is 4.79 Å². The summed E-state index contributed by atoms with van der Waals surface area (Å²) in [5.74, 6) is -4.94. The maximum Gasteiger partial charge on any atom is 0.350 e. The van der Waals surface area contributed by atoms with Gasteiger partial charge in [0, 0.05) is 6.54 Å². The van der Waals surface area contributed by atoms with Crippen LogP contribution < -0.4 is 0 Å². The molecule has 1 aliphatic rings. The average molecular weight is 257 g/mol. The van der Waals surface area contributed by atoms with Crippen molar-refractivity contribution in [2.45, 2.75) is 37.5 Å². The van der Waals surface area contributed by atoms with Gasteiger partial charge in [-0.2, -0.15) is 13.1 Å². The average Bonchev–Trinajstić information content (AvgIpc) is 2.62.